The van der Waals surface area contributed by atoms with E-state index in [-0.39, 0.29) is 0 Å². The second kappa shape index (κ2) is 6.06. The third-order valence-electron chi connectivity index (χ3n) is 3.23. The Hall–Kier alpha value is -1.55. The zero-order valence-electron chi connectivity index (χ0n) is 11.2. The molecule has 0 saturated carbocycles. The molecule has 2 rings (SSSR count). The molecule has 3 nitrogen and oxygen atoms in total. The van der Waals surface area contributed by atoms with E-state index in [0.717, 1.165) is 28.7 Å². The van der Waals surface area contributed by atoms with Crippen molar-refractivity contribution in [3.8, 4) is 0 Å². The second-order valence-electron chi connectivity index (χ2n) is 4.69. The lowest BCUT2D eigenvalue weighted by Gasteiger charge is -2.22. The molecule has 2 aromatic rings. The van der Waals surface area contributed by atoms with Crippen LogP contribution in [0.15, 0.2) is 41.1 Å². The fraction of sp³-hybridized carbons (Fsp3) is 0.267. The summed E-state index contributed by atoms with van der Waals surface area (Å²) in [5, 5.41) is 0. The molecule has 0 fully saturated rings. The fourth-order valence-electron chi connectivity index (χ4n) is 1.94. The average molecular weight is 320 g/mol. The molecule has 0 saturated heterocycles. The number of likely N-dealkylation sites (N-methyl/N-ethyl adjacent to an activating group) is 1. The van der Waals surface area contributed by atoms with Crippen LogP contribution in [0.1, 0.15) is 11.1 Å². The third kappa shape index (κ3) is 3.47. The summed E-state index contributed by atoms with van der Waals surface area (Å²) in [5.74, 6) is 0. The molecule has 0 aliphatic heterocycles. The minimum atomic E-state index is 0.818. The van der Waals surface area contributed by atoms with Crippen molar-refractivity contribution < 1.29 is 0 Å². The lowest BCUT2D eigenvalue weighted by Crippen LogP contribution is -2.21. The highest BCUT2D eigenvalue weighted by Gasteiger charge is 2.08. The molecule has 0 amide bonds. The Balaban J connectivity index is 2.08. The number of rotatable bonds is 4. The summed E-state index contributed by atoms with van der Waals surface area (Å²) in [7, 11) is 2.09. The summed E-state index contributed by atoms with van der Waals surface area (Å²) in [6, 6.07) is 8.19. The Kier molecular flexibility index (Phi) is 4.43. The minimum absolute atomic E-state index is 0.818. The topological polar surface area (TPSA) is 42.2 Å². The maximum Gasteiger partial charge on any atom is 0.0512 e. The van der Waals surface area contributed by atoms with E-state index >= 15 is 0 Å². The smallest absolute Gasteiger partial charge is 0.0512 e. The molecule has 4 heteroatoms. The normalized spacial score (nSPS) is 10.5. The summed E-state index contributed by atoms with van der Waals surface area (Å²) < 4.78 is 1.04. The molecule has 2 N–H and O–H groups in total. The van der Waals surface area contributed by atoms with Gasteiger partial charge in [0.15, 0.2) is 0 Å². The van der Waals surface area contributed by atoms with Crippen LogP contribution in [0.4, 0.5) is 11.4 Å². The van der Waals surface area contributed by atoms with E-state index in [0.29, 0.717) is 0 Å². The molecular formula is C15H18BrN3. The standard InChI is InChI=1S/C15H18BrN3/c1-11-9-15(13(16)10-14(11)17)19(2)8-5-12-3-6-18-7-4-12/h3-4,6-7,9-10H,5,8,17H2,1-2H3. The van der Waals surface area contributed by atoms with Crippen LogP contribution in [0.3, 0.4) is 0 Å². The number of halogens is 1. The van der Waals surface area contributed by atoms with Crippen molar-refractivity contribution in [2.75, 3.05) is 24.2 Å². The number of anilines is 2. The molecule has 0 aliphatic carbocycles. The van der Waals surface area contributed by atoms with E-state index in [9.17, 15) is 0 Å². The van der Waals surface area contributed by atoms with Gasteiger partial charge < -0.3 is 10.6 Å². The number of pyridine rings is 1. The number of aromatic nitrogens is 1. The maximum atomic E-state index is 5.90. The van der Waals surface area contributed by atoms with Gasteiger partial charge in [0.05, 0.1) is 5.69 Å². The van der Waals surface area contributed by atoms with E-state index in [2.05, 4.69) is 51.1 Å². The molecule has 1 aromatic heterocycles. The number of hydrogen-bond donors (Lipinski definition) is 1. The van der Waals surface area contributed by atoms with Crippen molar-refractivity contribution in [2.24, 2.45) is 0 Å². The minimum Gasteiger partial charge on any atom is -0.398 e. The molecule has 0 spiro atoms. The van der Waals surface area contributed by atoms with Gasteiger partial charge in [-0.15, -0.1) is 0 Å². The van der Waals surface area contributed by atoms with Gasteiger partial charge in [-0.2, -0.15) is 0 Å². The Labute approximate surface area is 122 Å². The van der Waals surface area contributed by atoms with E-state index in [4.69, 9.17) is 5.73 Å². The Bertz CT molecular complexity index is 555. The molecule has 0 radical (unpaired) electrons. The number of hydrogen-bond acceptors (Lipinski definition) is 3. The van der Waals surface area contributed by atoms with Gasteiger partial charge in [0.25, 0.3) is 0 Å². The number of nitrogens with two attached hydrogens (primary N) is 1. The van der Waals surface area contributed by atoms with Gasteiger partial charge in [-0.3, -0.25) is 4.98 Å². The van der Waals surface area contributed by atoms with Gasteiger partial charge in [0.2, 0.25) is 0 Å². The summed E-state index contributed by atoms with van der Waals surface area (Å²) in [4.78, 5) is 6.26. The van der Waals surface area contributed by atoms with Gasteiger partial charge in [0, 0.05) is 36.1 Å². The highest BCUT2D eigenvalue weighted by atomic mass is 79.9. The van der Waals surface area contributed by atoms with E-state index in [1.54, 1.807) is 0 Å². The van der Waals surface area contributed by atoms with Gasteiger partial charge in [-0.25, -0.2) is 0 Å². The lowest BCUT2D eigenvalue weighted by molar-refractivity contribution is 0.872. The van der Waals surface area contributed by atoms with Crippen LogP contribution in [-0.4, -0.2) is 18.6 Å². The van der Waals surface area contributed by atoms with Crippen LogP contribution < -0.4 is 10.6 Å². The van der Waals surface area contributed by atoms with Gasteiger partial charge in [-0.05, 0) is 64.7 Å². The zero-order valence-corrected chi connectivity index (χ0v) is 12.8. The SMILES string of the molecule is Cc1cc(N(C)CCc2ccncc2)c(Br)cc1N. The first-order valence-corrected chi connectivity index (χ1v) is 7.03. The first kappa shape index (κ1) is 13.9. The van der Waals surface area contributed by atoms with Crippen molar-refractivity contribution in [3.63, 3.8) is 0 Å². The molecule has 0 bridgehead atoms. The molecule has 0 aliphatic rings. The average Bonchev–Trinajstić information content (AvgIpc) is 2.41. The van der Waals surface area contributed by atoms with Gasteiger partial charge in [-0.1, -0.05) is 0 Å². The summed E-state index contributed by atoms with van der Waals surface area (Å²) >= 11 is 3.58. The first-order valence-electron chi connectivity index (χ1n) is 6.23. The molecule has 1 aromatic carbocycles. The van der Waals surface area contributed by atoms with Crippen molar-refractivity contribution in [1.29, 1.82) is 0 Å². The Morgan fingerprint density at radius 2 is 1.95 bits per heavy atom. The first-order chi connectivity index (χ1) is 9.08. The molecule has 100 valence electrons. The summed E-state index contributed by atoms with van der Waals surface area (Å²) in [5.41, 5.74) is 10.3. The van der Waals surface area contributed by atoms with Gasteiger partial charge in [0.1, 0.15) is 0 Å². The summed E-state index contributed by atoms with van der Waals surface area (Å²) in [6.45, 7) is 2.98. The third-order valence-corrected chi connectivity index (χ3v) is 3.87. The largest absolute Gasteiger partial charge is 0.398 e. The van der Waals surface area contributed by atoms with Crippen LogP contribution >= 0.6 is 15.9 Å². The Morgan fingerprint density at radius 1 is 1.26 bits per heavy atom. The van der Waals surface area contributed by atoms with Crippen LogP contribution in [0, 0.1) is 6.92 Å². The van der Waals surface area contributed by atoms with E-state index < -0.39 is 0 Å². The van der Waals surface area contributed by atoms with Crippen molar-refractivity contribution in [1.82, 2.24) is 4.98 Å². The van der Waals surface area contributed by atoms with Crippen molar-refractivity contribution >= 4 is 27.3 Å². The predicted octanol–water partition coefficient (Wildman–Crippen LogP) is 3.41. The van der Waals surface area contributed by atoms with Gasteiger partial charge >= 0.3 is 0 Å². The van der Waals surface area contributed by atoms with E-state index in [1.807, 2.05) is 25.4 Å². The summed E-state index contributed by atoms with van der Waals surface area (Å²) in [6.07, 6.45) is 4.66. The second-order valence-corrected chi connectivity index (χ2v) is 5.54. The Morgan fingerprint density at radius 3 is 2.63 bits per heavy atom. The van der Waals surface area contributed by atoms with Crippen LogP contribution in [0.25, 0.3) is 0 Å². The monoisotopic (exact) mass is 319 g/mol. The lowest BCUT2D eigenvalue weighted by atomic mass is 10.1. The number of benzene rings is 1. The zero-order chi connectivity index (χ0) is 13.8. The highest BCUT2D eigenvalue weighted by Crippen LogP contribution is 2.30. The quantitative estimate of drug-likeness (QED) is 0.878. The maximum absolute atomic E-state index is 5.90. The molecule has 0 unspecified atom stereocenters. The molecule has 1 heterocycles. The molecular weight excluding hydrogens is 302 g/mol. The predicted molar refractivity (Wildman–Crippen MR) is 84.5 cm³/mol. The van der Waals surface area contributed by atoms with Crippen LogP contribution in [-0.2, 0) is 6.42 Å². The highest BCUT2D eigenvalue weighted by molar-refractivity contribution is 9.10. The number of nitrogens with zero attached hydrogens (tertiary/aromatic N) is 2. The number of nitrogen functional groups attached to an aromatic ring is 1. The molecule has 0 atom stereocenters. The van der Waals surface area contributed by atoms with Crippen LogP contribution in [0.2, 0.25) is 0 Å². The number of aryl methyl sites for hydroxylation is 1. The molecule has 19 heavy (non-hydrogen) atoms. The van der Waals surface area contributed by atoms with E-state index in [1.165, 1.54) is 11.3 Å². The van der Waals surface area contributed by atoms with Crippen molar-refractivity contribution in [3.05, 3.63) is 52.3 Å². The fourth-order valence-corrected chi connectivity index (χ4v) is 2.60. The van der Waals surface area contributed by atoms with Crippen LogP contribution in [0.5, 0.6) is 0 Å². The van der Waals surface area contributed by atoms with Crippen molar-refractivity contribution in [2.45, 2.75) is 13.3 Å².